The van der Waals surface area contributed by atoms with E-state index in [9.17, 15) is 19.4 Å². The van der Waals surface area contributed by atoms with Crippen molar-refractivity contribution < 1.29 is 32.9 Å². The van der Waals surface area contributed by atoms with Crippen molar-refractivity contribution in [3.63, 3.8) is 0 Å². The first-order chi connectivity index (χ1) is 31.0. The molecule has 0 aromatic heterocycles. The number of carbonyl (C=O) groups is 1. The molecule has 0 spiro atoms. The summed E-state index contributed by atoms with van der Waals surface area (Å²) in [4.78, 5) is 25.4. The molecule has 0 radical (unpaired) electrons. The Balaban J connectivity index is 4.02. The molecule has 0 rings (SSSR count). The van der Waals surface area contributed by atoms with Crippen LogP contribution in [0.4, 0.5) is 0 Å². The highest BCUT2D eigenvalue weighted by atomic mass is 31.2. The van der Waals surface area contributed by atoms with Gasteiger partial charge in [0.2, 0.25) is 5.91 Å². The molecule has 0 heterocycles. The Kier molecular flexibility index (Phi) is 46.3. The highest BCUT2D eigenvalue weighted by Crippen LogP contribution is 2.38. The Morgan fingerprint density at radius 3 is 1.27 bits per heavy atom. The van der Waals surface area contributed by atoms with E-state index in [0.717, 1.165) is 38.5 Å². The molecule has 0 fully saturated rings. The molecular formula is C55H109N2O6P. The van der Waals surface area contributed by atoms with E-state index in [1.54, 1.807) is 6.08 Å². The normalized spacial score (nSPS) is 14.2. The average Bonchev–Trinajstić information content (AvgIpc) is 3.25. The van der Waals surface area contributed by atoms with Crippen molar-refractivity contribution in [3.05, 3.63) is 24.3 Å². The molecule has 1 amide bonds. The number of likely N-dealkylation sites (N-methyl/N-ethyl adjacent to an activating group) is 1. The molecule has 8 nitrogen and oxygen atoms in total. The Labute approximate surface area is 398 Å². The van der Waals surface area contributed by atoms with Crippen molar-refractivity contribution in [1.29, 1.82) is 0 Å². The number of phosphoric ester groups is 1. The second-order valence-corrected chi connectivity index (χ2v) is 21.7. The van der Waals surface area contributed by atoms with Gasteiger partial charge in [-0.1, -0.05) is 256 Å². The van der Waals surface area contributed by atoms with Crippen LogP contribution >= 0.6 is 7.82 Å². The number of allylic oxidation sites excluding steroid dienone is 3. The van der Waals surface area contributed by atoms with E-state index in [1.165, 1.54) is 212 Å². The molecule has 3 unspecified atom stereocenters. The van der Waals surface area contributed by atoms with Crippen LogP contribution in [0.2, 0.25) is 0 Å². The standard InChI is InChI=1S/C55H109N2O6P/c1-6-8-10-12-14-16-18-20-21-22-23-24-25-26-27-28-29-30-31-32-33-34-35-36-37-39-41-43-45-47-49-55(59)56-53(52-63-64(60,61)62-51-50-57(3,4)5)54(58)48-46-44-42-40-38-19-17-15-13-11-9-7-2/h38,40,46,48,53-54,58H,6-37,39,41-45,47,49-52H2,1-5H3,(H-,56,59,60,61)/b40-38+,48-46+. The second kappa shape index (κ2) is 47.1. The highest BCUT2D eigenvalue weighted by Gasteiger charge is 2.23. The van der Waals surface area contributed by atoms with Crippen molar-refractivity contribution in [2.24, 2.45) is 0 Å². The number of hydrogen-bond acceptors (Lipinski definition) is 6. The van der Waals surface area contributed by atoms with Gasteiger partial charge >= 0.3 is 0 Å². The summed E-state index contributed by atoms with van der Waals surface area (Å²) in [6.07, 6.45) is 58.4. The third kappa shape index (κ3) is 48.9. The molecule has 0 aliphatic rings. The number of unbranched alkanes of at least 4 members (excludes halogenated alkanes) is 36. The molecule has 0 aromatic carbocycles. The minimum atomic E-state index is -4.59. The molecule has 9 heteroatoms. The number of aliphatic hydroxyl groups is 1. The van der Waals surface area contributed by atoms with Gasteiger partial charge in [-0.2, -0.15) is 0 Å². The van der Waals surface area contributed by atoms with Crippen LogP contribution in [0.25, 0.3) is 0 Å². The molecule has 0 bridgehead atoms. The summed E-state index contributed by atoms with van der Waals surface area (Å²) in [7, 11) is 1.25. The van der Waals surface area contributed by atoms with Gasteiger partial charge in [0, 0.05) is 6.42 Å². The van der Waals surface area contributed by atoms with Gasteiger partial charge < -0.3 is 28.8 Å². The topological polar surface area (TPSA) is 108 Å². The van der Waals surface area contributed by atoms with Crippen molar-refractivity contribution in [3.8, 4) is 0 Å². The van der Waals surface area contributed by atoms with Crippen LogP contribution in [-0.2, 0) is 18.4 Å². The van der Waals surface area contributed by atoms with Crippen LogP contribution in [0, 0.1) is 0 Å². The van der Waals surface area contributed by atoms with Gasteiger partial charge in [0.15, 0.2) is 0 Å². The predicted molar refractivity (Wildman–Crippen MR) is 275 cm³/mol. The van der Waals surface area contributed by atoms with E-state index in [-0.39, 0.29) is 19.1 Å². The van der Waals surface area contributed by atoms with Crippen LogP contribution in [-0.4, -0.2) is 68.5 Å². The molecule has 64 heavy (non-hydrogen) atoms. The fraction of sp³-hybridized carbons (Fsp3) is 0.909. The Morgan fingerprint density at radius 2 is 0.875 bits per heavy atom. The van der Waals surface area contributed by atoms with E-state index in [1.807, 2.05) is 27.2 Å². The van der Waals surface area contributed by atoms with Crippen LogP contribution in [0.5, 0.6) is 0 Å². The summed E-state index contributed by atoms with van der Waals surface area (Å²) in [6, 6.07) is -0.898. The highest BCUT2D eigenvalue weighted by molar-refractivity contribution is 7.45. The van der Waals surface area contributed by atoms with Gasteiger partial charge in [-0.3, -0.25) is 9.36 Å². The number of nitrogens with zero attached hydrogens (tertiary/aromatic N) is 1. The first kappa shape index (κ1) is 63.0. The number of carbonyl (C=O) groups excluding carboxylic acids is 1. The lowest BCUT2D eigenvalue weighted by molar-refractivity contribution is -0.870. The van der Waals surface area contributed by atoms with Crippen molar-refractivity contribution in [2.45, 2.75) is 283 Å². The quantitative estimate of drug-likeness (QED) is 0.0272. The molecule has 0 aliphatic heterocycles. The number of hydrogen-bond donors (Lipinski definition) is 2. The lowest BCUT2D eigenvalue weighted by Crippen LogP contribution is -2.45. The molecule has 0 aromatic rings. The zero-order valence-corrected chi connectivity index (χ0v) is 44.1. The summed E-state index contributed by atoms with van der Waals surface area (Å²) in [6.45, 7) is 4.64. The number of amides is 1. The van der Waals surface area contributed by atoms with Gasteiger partial charge in [-0.15, -0.1) is 0 Å². The summed E-state index contributed by atoms with van der Waals surface area (Å²) in [5.74, 6) is -0.203. The minimum Gasteiger partial charge on any atom is -0.756 e. The van der Waals surface area contributed by atoms with Gasteiger partial charge in [0.05, 0.1) is 39.9 Å². The maximum atomic E-state index is 12.9. The smallest absolute Gasteiger partial charge is 0.268 e. The van der Waals surface area contributed by atoms with E-state index in [0.29, 0.717) is 17.4 Å². The van der Waals surface area contributed by atoms with E-state index in [2.05, 4.69) is 31.3 Å². The number of quaternary nitrogens is 1. The summed E-state index contributed by atoms with van der Waals surface area (Å²) in [5, 5.41) is 13.8. The van der Waals surface area contributed by atoms with Crippen molar-refractivity contribution >= 4 is 13.7 Å². The lowest BCUT2D eigenvalue weighted by Gasteiger charge is -2.29. The predicted octanol–water partition coefficient (Wildman–Crippen LogP) is 15.8. The molecule has 0 saturated heterocycles. The van der Waals surface area contributed by atoms with Gasteiger partial charge in [0.1, 0.15) is 13.2 Å². The van der Waals surface area contributed by atoms with Gasteiger partial charge in [-0.25, -0.2) is 0 Å². The summed E-state index contributed by atoms with van der Waals surface area (Å²) >= 11 is 0. The monoisotopic (exact) mass is 925 g/mol. The Bertz CT molecular complexity index is 1090. The fourth-order valence-electron chi connectivity index (χ4n) is 8.29. The maximum absolute atomic E-state index is 12.9. The molecule has 380 valence electrons. The first-order valence-corrected chi connectivity index (χ1v) is 29.2. The number of aliphatic hydroxyl groups excluding tert-OH is 1. The first-order valence-electron chi connectivity index (χ1n) is 27.7. The fourth-order valence-corrected chi connectivity index (χ4v) is 9.01. The minimum absolute atomic E-state index is 0.00415. The van der Waals surface area contributed by atoms with E-state index >= 15 is 0 Å². The zero-order valence-electron chi connectivity index (χ0n) is 43.3. The number of nitrogens with one attached hydrogen (secondary N) is 1. The largest absolute Gasteiger partial charge is 0.756 e. The molecule has 0 saturated carbocycles. The van der Waals surface area contributed by atoms with Crippen molar-refractivity contribution in [2.75, 3.05) is 40.9 Å². The zero-order chi connectivity index (χ0) is 47.1. The van der Waals surface area contributed by atoms with E-state index in [4.69, 9.17) is 9.05 Å². The SMILES string of the molecule is CCCCCCCC/C=C/CC/C=C/C(O)C(COP(=O)([O-])OCC[N+](C)(C)C)NC(=O)CCCCCCCCCCCCCCCCCCCCCCCCCCCCCCCC. The Hall–Kier alpha value is -1.02. The molecule has 3 atom stereocenters. The van der Waals surface area contributed by atoms with Crippen LogP contribution in [0.3, 0.4) is 0 Å². The summed E-state index contributed by atoms with van der Waals surface area (Å²) in [5.41, 5.74) is 0. The number of rotatable bonds is 51. The number of phosphoric acid groups is 1. The van der Waals surface area contributed by atoms with Gasteiger partial charge in [0.25, 0.3) is 7.82 Å². The third-order valence-electron chi connectivity index (χ3n) is 12.7. The molecule has 0 aliphatic carbocycles. The Morgan fingerprint density at radius 1 is 0.531 bits per heavy atom. The maximum Gasteiger partial charge on any atom is 0.268 e. The van der Waals surface area contributed by atoms with Crippen LogP contribution in [0.15, 0.2) is 24.3 Å². The van der Waals surface area contributed by atoms with E-state index < -0.39 is 20.0 Å². The van der Waals surface area contributed by atoms with Crippen LogP contribution < -0.4 is 10.2 Å². The van der Waals surface area contributed by atoms with Crippen molar-refractivity contribution in [1.82, 2.24) is 5.32 Å². The molecule has 2 N–H and O–H groups in total. The third-order valence-corrected chi connectivity index (χ3v) is 13.6. The second-order valence-electron chi connectivity index (χ2n) is 20.3. The van der Waals surface area contributed by atoms with Crippen LogP contribution in [0.1, 0.15) is 271 Å². The van der Waals surface area contributed by atoms with Gasteiger partial charge in [-0.05, 0) is 32.1 Å². The average molecular weight is 925 g/mol. The lowest BCUT2D eigenvalue weighted by atomic mass is 10.0. The summed E-state index contributed by atoms with van der Waals surface area (Å²) < 4.78 is 23.2. The molecular weight excluding hydrogens is 816 g/mol.